The summed E-state index contributed by atoms with van der Waals surface area (Å²) >= 11 is 1.45. The summed E-state index contributed by atoms with van der Waals surface area (Å²) in [5, 5.41) is 21.2. The molecule has 2 rings (SSSR count). The molecule has 30 heavy (non-hydrogen) atoms. The van der Waals surface area contributed by atoms with Crippen LogP contribution in [-0.4, -0.2) is 43.2 Å². The molecule has 164 valence electrons. The third-order valence-electron chi connectivity index (χ3n) is 4.12. The van der Waals surface area contributed by atoms with Crippen LogP contribution < -0.4 is 16.0 Å². The first-order valence-corrected chi connectivity index (χ1v) is 10.3. The molecule has 0 radical (unpaired) electrons. The Hall–Kier alpha value is -2.59. The summed E-state index contributed by atoms with van der Waals surface area (Å²) in [6.07, 6.45) is -4.44. The maximum atomic E-state index is 12.6. The molecule has 0 saturated carbocycles. The van der Waals surface area contributed by atoms with E-state index in [0.29, 0.717) is 19.0 Å². The largest absolute Gasteiger partial charge is 0.416 e. The Kier molecular flexibility index (Phi) is 8.24. The summed E-state index contributed by atoms with van der Waals surface area (Å²) in [5.74, 6) is 0.0196. The maximum Gasteiger partial charge on any atom is 0.416 e. The molecule has 0 spiro atoms. The summed E-state index contributed by atoms with van der Waals surface area (Å²) in [6, 6.07) is 7.75. The van der Waals surface area contributed by atoms with Crippen molar-refractivity contribution in [3.63, 3.8) is 0 Å². The number of carbonyl (C=O) groups excluding carboxylic acids is 1. The van der Waals surface area contributed by atoms with Crippen molar-refractivity contribution in [1.82, 2.24) is 16.0 Å². The Labute approximate surface area is 177 Å². The van der Waals surface area contributed by atoms with Gasteiger partial charge < -0.3 is 21.1 Å². The average Bonchev–Trinajstić information content (AvgIpc) is 3.24. The van der Waals surface area contributed by atoms with E-state index in [4.69, 9.17) is 0 Å². The number of nitrogens with one attached hydrogen (secondary N) is 3. The number of halogens is 3. The molecular weight excluding hydrogens is 417 g/mol. The zero-order valence-electron chi connectivity index (χ0n) is 16.7. The van der Waals surface area contributed by atoms with Crippen molar-refractivity contribution in [3.8, 4) is 0 Å². The number of nitrogens with zero attached hydrogens (tertiary/aromatic N) is 1. The summed E-state index contributed by atoms with van der Waals surface area (Å²) < 4.78 is 37.7. The SMILES string of the molecule is CCNC(=NCC(C)(O)c1cccs1)NCCNC(=O)c1ccc(C(F)(F)F)cc1. The van der Waals surface area contributed by atoms with Gasteiger partial charge in [0.15, 0.2) is 5.96 Å². The molecule has 1 amide bonds. The number of alkyl halides is 3. The highest BCUT2D eigenvalue weighted by Gasteiger charge is 2.30. The van der Waals surface area contributed by atoms with Crippen LogP contribution in [-0.2, 0) is 11.8 Å². The van der Waals surface area contributed by atoms with E-state index in [1.54, 1.807) is 6.92 Å². The second kappa shape index (κ2) is 10.4. The lowest BCUT2D eigenvalue weighted by Gasteiger charge is -2.20. The van der Waals surface area contributed by atoms with E-state index in [1.165, 1.54) is 11.3 Å². The minimum Gasteiger partial charge on any atom is -0.383 e. The predicted octanol–water partition coefficient (Wildman–Crippen LogP) is 2.96. The predicted molar refractivity (Wildman–Crippen MR) is 112 cm³/mol. The molecule has 0 aliphatic rings. The fourth-order valence-electron chi connectivity index (χ4n) is 2.51. The van der Waals surface area contributed by atoms with Crippen LogP contribution in [0.1, 0.15) is 34.6 Å². The number of aliphatic hydroxyl groups is 1. The molecular formula is C20H25F3N4O2S. The van der Waals surface area contributed by atoms with Gasteiger partial charge in [0.2, 0.25) is 0 Å². The van der Waals surface area contributed by atoms with Crippen LogP contribution in [0, 0.1) is 0 Å². The number of aliphatic imine (C=N–C) groups is 1. The van der Waals surface area contributed by atoms with Gasteiger partial charge in [-0.1, -0.05) is 6.07 Å². The van der Waals surface area contributed by atoms with Crippen LogP contribution in [0.15, 0.2) is 46.8 Å². The highest BCUT2D eigenvalue weighted by Crippen LogP contribution is 2.29. The Bertz CT molecular complexity index is 835. The number of rotatable bonds is 8. The van der Waals surface area contributed by atoms with Crippen molar-refractivity contribution in [2.24, 2.45) is 4.99 Å². The lowest BCUT2D eigenvalue weighted by atomic mass is 10.1. The van der Waals surface area contributed by atoms with Gasteiger partial charge in [0.05, 0.1) is 12.1 Å². The number of amides is 1. The molecule has 0 aliphatic carbocycles. The van der Waals surface area contributed by atoms with Gasteiger partial charge in [0, 0.05) is 30.1 Å². The smallest absolute Gasteiger partial charge is 0.383 e. The number of carbonyl (C=O) groups is 1. The van der Waals surface area contributed by atoms with Gasteiger partial charge in [-0.15, -0.1) is 11.3 Å². The molecule has 1 aromatic heterocycles. The summed E-state index contributed by atoms with van der Waals surface area (Å²) in [4.78, 5) is 17.3. The molecule has 6 nitrogen and oxygen atoms in total. The molecule has 0 saturated heterocycles. The molecule has 0 fully saturated rings. The molecule has 1 atom stereocenters. The Balaban J connectivity index is 1.83. The Morgan fingerprint density at radius 3 is 2.33 bits per heavy atom. The molecule has 0 bridgehead atoms. The average molecular weight is 443 g/mol. The van der Waals surface area contributed by atoms with Crippen molar-refractivity contribution < 1.29 is 23.1 Å². The van der Waals surface area contributed by atoms with Gasteiger partial charge in [0.25, 0.3) is 5.91 Å². The van der Waals surface area contributed by atoms with Gasteiger partial charge in [-0.05, 0) is 49.6 Å². The summed E-state index contributed by atoms with van der Waals surface area (Å²) in [6.45, 7) is 4.95. The van der Waals surface area contributed by atoms with Gasteiger partial charge in [-0.3, -0.25) is 4.79 Å². The number of benzene rings is 1. The second-order valence-electron chi connectivity index (χ2n) is 6.70. The minimum absolute atomic E-state index is 0.149. The monoisotopic (exact) mass is 442 g/mol. The summed E-state index contributed by atoms with van der Waals surface area (Å²) in [7, 11) is 0. The van der Waals surface area contributed by atoms with Crippen molar-refractivity contribution >= 4 is 23.2 Å². The number of guanidine groups is 1. The lowest BCUT2D eigenvalue weighted by molar-refractivity contribution is -0.137. The molecule has 1 heterocycles. The Morgan fingerprint density at radius 1 is 1.10 bits per heavy atom. The Morgan fingerprint density at radius 2 is 1.77 bits per heavy atom. The molecule has 0 aliphatic heterocycles. The number of thiophene rings is 1. The highest BCUT2D eigenvalue weighted by molar-refractivity contribution is 7.10. The van der Waals surface area contributed by atoms with Gasteiger partial charge >= 0.3 is 6.18 Å². The third kappa shape index (κ3) is 7.03. The molecule has 4 N–H and O–H groups in total. The van der Waals surface area contributed by atoms with Gasteiger partial charge in [-0.25, -0.2) is 4.99 Å². The van der Waals surface area contributed by atoms with Crippen LogP contribution in [0.4, 0.5) is 13.2 Å². The standard InChI is InChI=1S/C20H25F3N4O2S/c1-3-24-18(27-13-19(2,29)16-5-4-12-30-16)26-11-10-25-17(28)14-6-8-15(9-7-14)20(21,22)23/h4-9,12,29H,3,10-11,13H2,1-2H3,(H,25,28)(H2,24,26,27). The highest BCUT2D eigenvalue weighted by atomic mass is 32.1. The van der Waals surface area contributed by atoms with E-state index in [2.05, 4.69) is 20.9 Å². The summed E-state index contributed by atoms with van der Waals surface area (Å²) in [5.41, 5.74) is -1.74. The van der Waals surface area contributed by atoms with Crippen molar-refractivity contribution in [3.05, 3.63) is 57.8 Å². The van der Waals surface area contributed by atoms with Crippen LogP contribution in [0.3, 0.4) is 0 Å². The fourth-order valence-corrected chi connectivity index (χ4v) is 3.29. The van der Waals surface area contributed by atoms with E-state index in [9.17, 15) is 23.1 Å². The van der Waals surface area contributed by atoms with Gasteiger partial charge in [0.1, 0.15) is 5.60 Å². The quantitative estimate of drug-likeness (QED) is 0.288. The van der Waals surface area contributed by atoms with E-state index in [1.807, 2.05) is 24.4 Å². The first-order chi connectivity index (χ1) is 14.1. The number of hydrogen-bond acceptors (Lipinski definition) is 4. The minimum atomic E-state index is -4.44. The van der Waals surface area contributed by atoms with E-state index >= 15 is 0 Å². The van der Waals surface area contributed by atoms with E-state index in [0.717, 1.165) is 29.1 Å². The van der Waals surface area contributed by atoms with Crippen LogP contribution >= 0.6 is 11.3 Å². The third-order valence-corrected chi connectivity index (χ3v) is 5.24. The molecule has 10 heteroatoms. The zero-order valence-corrected chi connectivity index (χ0v) is 17.5. The van der Waals surface area contributed by atoms with E-state index < -0.39 is 23.2 Å². The van der Waals surface area contributed by atoms with Gasteiger partial charge in [-0.2, -0.15) is 13.2 Å². The van der Waals surface area contributed by atoms with Crippen molar-refractivity contribution in [2.75, 3.05) is 26.2 Å². The first-order valence-electron chi connectivity index (χ1n) is 9.37. The topological polar surface area (TPSA) is 85.8 Å². The van der Waals surface area contributed by atoms with Crippen LogP contribution in [0.25, 0.3) is 0 Å². The lowest BCUT2D eigenvalue weighted by Crippen LogP contribution is -2.42. The van der Waals surface area contributed by atoms with Crippen molar-refractivity contribution in [2.45, 2.75) is 25.6 Å². The normalized spacial score (nSPS) is 14.1. The maximum absolute atomic E-state index is 12.6. The van der Waals surface area contributed by atoms with Crippen molar-refractivity contribution in [1.29, 1.82) is 0 Å². The van der Waals surface area contributed by atoms with Crippen LogP contribution in [0.5, 0.6) is 0 Å². The zero-order chi connectivity index (χ0) is 22.2. The molecule has 1 aromatic carbocycles. The van der Waals surface area contributed by atoms with E-state index in [-0.39, 0.29) is 18.7 Å². The second-order valence-corrected chi connectivity index (χ2v) is 7.65. The molecule has 1 unspecified atom stereocenters. The first kappa shape index (κ1) is 23.7. The number of hydrogen-bond donors (Lipinski definition) is 4. The fraction of sp³-hybridized carbons (Fsp3) is 0.400. The van der Waals surface area contributed by atoms with Crippen LogP contribution in [0.2, 0.25) is 0 Å². The molecule has 2 aromatic rings.